The van der Waals surface area contributed by atoms with Crippen LogP contribution in [0, 0.1) is 0 Å². The Balaban J connectivity index is -0.000000236. The maximum absolute atomic E-state index is 10.2. The zero-order chi connectivity index (χ0) is 17.3. The number of carbonyl (C=O) groups excluding carboxylic acids is 1. The molecule has 0 aromatic heterocycles. The molecule has 0 saturated carbocycles. The van der Waals surface area contributed by atoms with E-state index in [0.717, 1.165) is 7.11 Å². The second-order valence-electron chi connectivity index (χ2n) is 2.84. The molecule has 0 bridgehead atoms. The molecule has 122 valence electrons. The van der Waals surface area contributed by atoms with Crippen molar-refractivity contribution in [3.63, 3.8) is 0 Å². The highest BCUT2D eigenvalue weighted by molar-refractivity contribution is 6.63. The normalized spacial score (nSPS) is 8.00. The highest BCUT2D eigenvalue weighted by Gasteiger charge is 1.96. The Kier molecular flexibility index (Phi) is 22.6. The third kappa shape index (κ3) is 28.0. The largest absolute Gasteiger partial charge is 0.478 e. The van der Waals surface area contributed by atoms with Crippen LogP contribution in [0.15, 0.2) is 30.3 Å². The van der Waals surface area contributed by atoms with Gasteiger partial charge in [-0.2, -0.15) is 0 Å². The molecule has 0 unspecified atom stereocenters. The predicted molar refractivity (Wildman–Crippen MR) is 85.2 cm³/mol. The Bertz CT molecular complexity index is 355. The average Bonchev–Trinajstić information content (AvgIpc) is 2.42. The van der Waals surface area contributed by atoms with Gasteiger partial charge in [0.05, 0.1) is 12.2 Å². The van der Waals surface area contributed by atoms with Crippen LogP contribution in [-0.4, -0.2) is 40.2 Å². The molecule has 2 N–H and O–H groups in total. The number of carboxylic acid groups (broad SMARTS) is 1. The summed E-state index contributed by atoms with van der Waals surface area (Å²) in [5, 5.41) is 15.4. The molecule has 0 spiro atoms. The van der Waals surface area contributed by atoms with E-state index >= 15 is 0 Å². The summed E-state index contributed by atoms with van der Waals surface area (Å²) in [6.07, 6.45) is 0. The molecule has 0 atom stereocenters. The first-order valence-corrected chi connectivity index (χ1v) is 6.90. The van der Waals surface area contributed by atoms with Gasteiger partial charge in [0.2, 0.25) is 0 Å². The molecule has 0 aliphatic rings. The van der Waals surface area contributed by atoms with E-state index in [1.54, 1.807) is 37.3 Å². The first-order valence-electron chi connectivity index (χ1n) is 5.59. The summed E-state index contributed by atoms with van der Waals surface area (Å²) in [6, 6.07) is 8.30. The molecule has 0 saturated heterocycles. The van der Waals surface area contributed by atoms with Gasteiger partial charge in [-0.15, -0.1) is 0 Å². The molecule has 0 radical (unpaired) electrons. The van der Waals surface area contributed by atoms with Crippen LogP contribution >= 0.6 is 34.8 Å². The fourth-order valence-corrected chi connectivity index (χ4v) is 0.784. The minimum Gasteiger partial charge on any atom is -0.478 e. The van der Waals surface area contributed by atoms with Gasteiger partial charge >= 0.3 is 11.9 Å². The summed E-state index contributed by atoms with van der Waals surface area (Å²) in [5.74, 6) is -1.09. The van der Waals surface area contributed by atoms with Crippen molar-refractivity contribution in [1.82, 2.24) is 0 Å². The van der Waals surface area contributed by atoms with E-state index in [1.165, 1.54) is 6.92 Å². The number of benzene rings is 1. The van der Waals surface area contributed by atoms with Gasteiger partial charge in [-0.25, -0.2) is 4.79 Å². The van der Waals surface area contributed by atoms with Crippen LogP contribution in [0.1, 0.15) is 24.2 Å². The number of aliphatic hydroxyl groups is 1. The van der Waals surface area contributed by atoms with Crippen molar-refractivity contribution in [3.05, 3.63) is 35.9 Å². The standard InChI is InChI=1S/C7H6O2.C4H8O2.CHCl3.CH4O/c8-7(9)6-4-2-1-3-5-6;1-3-6-4(2)5;2-1(3)4;1-2/h1-5H,(H,8,9);3H2,1-2H3;1H;2H,1H3. The minimum absolute atomic E-state index is 0.211. The van der Waals surface area contributed by atoms with Crippen LogP contribution in [0.3, 0.4) is 0 Å². The fourth-order valence-electron chi connectivity index (χ4n) is 0.784. The molecule has 0 heterocycles. The minimum atomic E-state index is -0.879. The van der Waals surface area contributed by atoms with Crippen LogP contribution in [0.25, 0.3) is 0 Å². The zero-order valence-corrected chi connectivity index (χ0v) is 14.2. The quantitative estimate of drug-likeness (QED) is 0.621. The molecule has 21 heavy (non-hydrogen) atoms. The van der Waals surface area contributed by atoms with Crippen LogP contribution in [0.4, 0.5) is 0 Å². The van der Waals surface area contributed by atoms with E-state index in [2.05, 4.69) is 4.74 Å². The molecule has 1 rings (SSSR count). The number of carbonyl (C=O) groups is 2. The van der Waals surface area contributed by atoms with Crippen molar-refractivity contribution in [1.29, 1.82) is 0 Å². The van der Waals surface area contributed by atoms with E-state index in [0.29, 0.717) is 12.2 Å². The summed E-state index contributed by atoms with van der Waals surface area (Å²) in [4.78, 5) is 20.0. The van der Waals surface area contributed by atoms with Crippen LogP contribution in [0.5, 0.6) is 0 Å². The molecule has 0 fully saturated rings. The third-order valence-electron chi connectivity index (χ3n) is 1.37. The van der Waals surface area contributed by atoms with Gasteiger partial charge in [-0.3, -0.25) is 4.79 Å². The molecule has 1 aromatic carbocycles. The Labute approximate surface area is 139 Å². The van der Waals surface area contributed by atoms with E-state index < -0.39 is 10.3 Å². The Hall–Kier alpha value is -1.01. The van der Waals surface area contributed by atoms with E-state index in [1.807, 2.05) is 0 Å². The van der Waals surface area contributed by atoms with Gasteiger partial charge in [-0.05, 0) is 19.1 Å². The molecular weight excluding hydrogens is 342 g/mol. The number of ether oxygens (including phenoxy) is 1. The number of hydrogen-bond acceptors (Lipinski definition) is 4. The van der Waals surface area contributed by atoms with E-state index in [-0.39, 0.29) is 5.97 Å². The number of rotatable bonds is 2. The fraction of sp³-hybridized carbons (Fsp3) is 0.385. The number of aromatic carboxylic acids is 1. The molecule has 8 heteroatoms. The van der Waals surface area contributed by atoms with E-state index in [9.17, 15) is 9.59 Å². The number of alkyl halides is 3. The topological polar surface area (TPSA) is 83.8 Å². The van der Waals surface area contributed by atoms with Crippen LogP contribution in [-0.2, 0) is 9.53 Å². The van der Waals surface area contributed by atoms with Gasteiger partial charge in [0.25, 0.3) is 0 Å². The average molecular weight is 362 g/mol. The lowest BCUT2D eigenvalue weighted by Gasteiger charge is -1.89. The molecule has 5 nitrogen and oxygen atoms in total. The van der Waals surface area contributed by atoms with Crippen molar-refractivity contribution in [2.45, 2.75) is 18.1 Å². The first kappa shape index (κ1) is 25.0. The second-order valence-corrected chi connectivity index (χ2v) is 4.82. The first-order chi connectivity index (χ1) is 9.81. The summed E-state index contributed by atoms with van der Waals surface area (Å²) in [6.45, 7) is 3.65. The van der Waals surface area contributed by atoms with Gasteiger partial charge in [0.1, 0.15) is 0 Å². The lowest BCUT2D eigenvalue weighted by atomic mass is 10.2. The Morgan fingerprint density at radius 3 is 1.67 bits per heavy atom. The maximum Gasteiger partial charge on any atom is 0.335 e. The number of esters is 1. The van der Waals surface area contributed by atoms with Crippen molar-refractivity contribution in [2.24, 2.45) is 0 Å². The lowest BCUT2D eigenvalue weighted by molar-refractivity contribution is -0.140. The highest BCUT2D eigenvalue weighted by Crippen LogP contribution is 2.03. The van der Waals surface area contributed by atoms with Gasteiger partial charge in [0.15, 0.2) is 4.30 Å². The summed E-state index contributed by atoms with van der Waals surface area (Å²) in [5.41, 5.74) is 0.331. The number of carboxylic acids is 1. The molecular formula is C13H19Cl3O5. The SMILES string of the molecule is CCOC(C)=O.CO.ClC(Cl)Cl.O=C(O)c1ccccc1. The Morgan fingerprint density at radius 2 is 1.52 bits per heavy atom. The maximum atomic E-state index is 10.2. The summed E-state index contributed by atoms with van der Waals surface area (Å²) >= 11 is 14.4. The molecule has 1 aromatic rings. The Morgan fingerprint density at radius 1 is 1.14 bits per heavy atom. The summed E-state index contributed by atoms with van der Waals surface area (Å²) in [7, 11) is 1.00. The lowest BCUT2D eigenvalue weighted by Crippen LogP contribution is -1.95. The van der Waals surface area contributed by atoms with Gasteiger partial charge < -0.3 is 14.9 Å². The van der Waals surface area contributed by atoms with Crippen molar-refractivity contribution < 1.29 is 24.5 Å². The van der Waals surface area contributed by atoms with Gasteiger partial charge in [0, 0.05) is 14.0 Å². The van der Waals surface area contributed by atoms with Crippen LogP contribution < -0.4 is 0 Å². The smallest absolute Gasteiger partial charge is 0.335 e. The van der Waals surface area contributed by atoms with Crippen LogP contribution in [0.2, 0.25) is 0 Å². The zero-order valence-electron chi connectivity index (χ0n) is 11.9. The molecule has 0 aliphatic heterocycles. The molecule has 0 amide bonds. The van der Waals surface area contributed by atoms with Crippen molar-refractivity contribution in [3.8, 4) is 0 Å². The number of halogens is 3. The number of hydrogen-bond donors (Lipinski definition) is 2. The predicted octanol–water partition coefficient (Wildman–Crippen LogP) is 3.55. The van der Waals surface area contributed by atoms with Crippen molar-refractivity contribution in [2.75, 3.05) is 13.7 Å². The third-order valence-corrected chi connectivity index (χ3v) is 1.37. The second kappa shape index (κ2) is 19.0. The highest BCUT2D eigenvalue weighted by atomic mass is 35.6. The number of aliphatic hydroxyl groups excluding tert-OH is 1. The summed E-state index contributed by atoms with van der Waals surface area (Å²) < 4.78 is 3.65. The van der Waals surface area contributed by atoms with E-state index in [4.69, 9.17) is 45.0 Å². The van der Waals surface area contributed by atoms with Gasteiger partial charge in [-0.1, -0.05) is 53.0 Å². The molecule has 0 aliphatic carbocycles. The monoisotopic (exact) mass is 360 g/mol. The van der Waals surface area contributed by atoms with Crippen molar-refractivity contribution >= 4 is 46.7 Å².